The first-order chi connectivity index (χ1) is 13.5. The number of benzene rings is 2. The van der Waals surface area contributed by atoms with Gasteiger partial charge >= 0.3 is 5.97 Å². The number of ether oxygens (including phenoxy) is 1. The molecule has 2 N–H and O–H groups in total. The predicted octanol–water partition coefficient (Wildman–Crippen LogP) is 2.11. The lowest BCUT2D eigenvalue weighted by atomic mass is 10.1. The summed E-state index contributed by atoms with van der Waals surface area (Å²) in [5.41, 5.74) is 1.83. The van der Waals surface area contributed by atoms with E-state index in [1.165, 1.54) is 0 Å². The van der Waals surface area contributed by atoms with Crippen molar-refractivity contribution in [3.63, 3.8) is 0 Å². The van der Waals surface area contributed by atoms with E-state index in [4.69, 9.17) is 9.84 Å². The first-order valence-electron chi connectivity index (χ1n) is 9.03. The Labute approximate surface area is 162 Å². The Kier molecular flexibility index (Phi) is 5.93. The molecule has 0 bridgehead atoms. The number of para-hydroxylation sites is 2. The number of hydrogen-bond donors (Lipinski definition) is 2. The summed E-state index contributed by atoms with van der Waals surface area (Å²) in [4.78, 5) is 37.3. The van der Waals surface area contributed by atoms with Gasteiger partial charge in [0.05, 0.1) is 24.3 Å². The summed E-state index contributed by atoms with van der Waals surface area (Å²) < 4.78 is 5.31. The van der Waals surface area contributed by atoms with E-state index in [2.05, 4.69) is 5.32 Å². The van der Waals surface area contributed by atoms with Gasteiger partial charge in [-0.25, -0.2) is 4.79 Å². The van der Waals surface area contributed by atoms with E-state index in [1.54, 1.807) is 48.4 Å². The van der Waals surface area contributed by atoms with Crippen molar-refractivity contribution in [2.24, 2.45) is 5.92 Å². The summed E-state index contributed by atoms with van der Waals surface area (Å²) in [5.74, 6) is -1.04. The van der Waals surface area contributed by atoms with Crippen molar-refractivity contribution < 1.29 is 24.2 Å². The highest BCUT2D eigenvalue weighted by Crippen LogP contribution is 2.32. The number of carboxylic acids is 1. The van der Waals surface area contributed by atoms with Crippen LogP contribution >= 0.6 is 0 Å². The van der Waals surface area contributed by atoms with Gasteiger partial charge in [0.15, 0.2) is 0 Å². The molecule has 2 amide bonds. The number of anilines is 1. The number of carboxylic acid groups (broad SMARTS) is 1. The van der Waals surface area contributed by atoms with E-state index in [0.29, 0.717) is 30.9 Å². The molecule has 0 spiro atoms. The van der Waals surface area contributed by atoms with Gasteiger partial charge in [-0.15, -0.1) is 0 Å². The second-order valence-corrected chi connectivity index (χ2v) is 6.62. The summed E-state index contributed by atoms with van der Waals surface area (Å²) in [7, 11) is 1.55. The van der Waals surface area contributed by atoms with Crippen LogP contribution < -0.4 is 15.0 Å². The monoisotopic (exact) mass is 382 g/mol. The fourth-order valence-electron chi connectivity index (χ4n) is 3.26. The molecule has 146 valence electrons. The van der Waals surface area contributed by atoms with E-state index in [1.807, 2.05) is 12.1 Å². The molecule has 0 aromatic heterocycles. The third kappa shape index (κ3) is 4.31. The number of carbonyl (C=O) groups excluding carboxylic acids is 2. The average Bonchev–Trinajstić information content (AvgIpc) is 3.10. The molecule has 28 heavy (non-hydrogen) atoms. The van der Waals surface area contributed by atoms with E-state index in [9.17, 15) is 14.4 Å². The van der Waals surface area contributed by atoms with Crippen LogP contribution in [0.3, 0.4) is 0 Å². The largest absolute Gasteiger partial charge is 0.495 e. The molecule has 0 saturated carbocycles. The van der Waals surface area contributed by atoms with Crippen LogP contribution in [0, 0.1) is 5.92 Å². The molecule has 1 fully saturated rings. The number of nitrogens with one attached hydrogen (secondary N) is 1. The third-order valence-corrected chi connectivity index (χ3v) is 4.79. The second kappa shape index (κ2) is 8.56. The molecular formula is C21H22N2O5. The average molecular weight is 382 g/mol. The molecule has 1 atom stereocenters. The Morgan fingerprint density at radius 3 is 2.57 bits per heavy atom. The van der Waals surface area contributed by atoms with Gasteiger partial charge in [-0.2, -0.15) is 0 Å². The molecule has 0 aliphatic carbocycles. The maximum Gasteiger partial charge on any atom is 0.335 e. The number of amides is 2. The van der Waals surface area contributed by atoms with Gasteiger partial charge in [0, 0.05) is 19.5 Å². The van der Waals surface area contributed by atoms with Crippen molar-refractivity contribution in [1.29, 1.82) is 0 Å². The Morgan fingerprint density at radius 2 is 1.89 bits per heavy atom. The van der Waals surface area contributed by atoms with Crippen LogP contribution in [-0.2, 0) is 16.0 Å². The summed E-state index contributed by atoms with van der Waals surface area (Å²) in [6.07, 6.45) is 0.750. The number of carbonyl (C=O) groups is 3. The molecule has 1 saturated heterocycles. The third-order valence-electron chi connectivity index (χ3n) is 4.79. The van der Waals surface area contributed by atoms with Gasteiger partial charge in [-0.3, -0.25) is 9.59 Å². The highest BCUT2D eigenvalue weighted by molar-refractivity contribution is 6.01. The smallest absolute Gasteiger partial charge is 0.335 e. The fourth-order valence-corrected chi connectivity index (χ4v) is 3.26. The number of aromatic carboxylic acids is 1. The summed E-state index contributed by atoms with van der Waals surface area (Å²) >= 11 is 0. The maximum atomic E-state index is 12.5. The van der Waals surface area contributed by atoms with Gasteiger partial charge in [0.1, 0.15) is 5.75 Å². The molecule has 1 unspecified atom stereocenters. The molecule has 1 aliphatic rings. The number of nitrogens with zero attached hydrogens (tertiary/aromatic N) is 1. The van der Waals surface area contributed by atoms with Crippen LogP contribution in [0.4, 0.5) is 5.69 Å². The Hall–Kier alpha value is -3.35. The van der Waals surface area contributed by atoms with Crippen molar-refractivity contribution in [2.75, 3.05) is 25.1 Å². The van der Waals surface area contributed by atoms with Crippen LogP contribution in [0.15, 0.2) is 48.5 Å². The zero-order valence-electron chi connectivity index (χ0n) is 15.6. The second-order valence-electron chi connectivity index (χ2n) is 6.62. The van der Waals surface area contributed by atoms with Gasteiger partial charge in [0.2, 0.25) is 11.8 Å². The van der Waals surface area contributed by atoms with Crippen molar-refractivity contribution >= 4 is 23.5 Å². The summed E-state index contributed by atoms with van der Waals surface area (Å²) in [5, 5.41) is 11.8. The number of methoxy groups -OCH3 is 1. The van der Waals surface area contributed by atoms with Gasteiger partial charge in [0.25, 0.3) is 0 Å². The summed E-state index contributed by atoms with van der Waals surface area (Å²) in [6, 6.07) is 13.8. The highest BCUT2D eigenvalue weighted by Gasteiger charge is 2.36. The van der Waals surface area contributed by atoms with Crippen molar-refractivity contribution in [1.82, 2.24) is 5.32 Å². The standard InChI is InChI=1S/C21H22N2O5/c1-28-18-5-3-2-4-17(18)23-13-16(12-19(23)24)20(25)22-11-10-14-6-8-15(9-7-14)21(26)27/h2-9,16H,10-13H2,1H3,(H,22,25)(H,26,27). The lowest BCUT2D eigenvalue weighted by Crippen LogP contribution is -2.34. The molecule has 2 aromatic carbocycles. The molecule has 2 aromatic rings. The van der Waals surface area contributed by atoms with Crippen LogP contribution in [0.25, 0.3) is 0 Å². The minimum atomic E-state index is -0.967. The zero-order valence-corrected chi connectivity index (χ0v) is 15.6. The molecule has 7 nitrogen and oxygen atoms in total. The highest BCUT2D eigenvalue weighted by atomic mass is 16.5. The van der Waals surface area contributed by atoms with Crippen molar-refractivity contribution in [2.45, 2.75) is 12.8 Å². The van der Waals surface area contributed by atoms with Gasteiger partial charge in [-0.05, 0) is 36.2 Å². The first-order valence-corrected chi connectivity index (χ1v) is 9.03. The summed E-state index contributed by atoms with van der Waals surface area (Å²) in [6.45, 7) is 0.739. The number of hydrogen-bond acceptors (Lipinski definition) is 4. The van der Waals surface area contributed by atoms with Crippen LogP contribution in [0.2, 0.25) is 0 Å². The molecule has 3 rings (SSSR count). The maximum absolute atomic E-state index is 12.5. The molecular weight excluding hydrogens is 360 g/mol. The number of rotatable bonds is 7. The lowest BCUT2D eigenvalue weighted by molar-refractivity contribution is -0.126. The van der Waals surface area contributed by atoms with Crippen LogP contribution in [0.5, 0.6) is 5.75 Å². The lowest BCUT2D eigenvalue weighted by Gasteiger charge is -2.19. The van der Waals surface area contributed by atoms with E-state index in [0.717, 1.165) is 5.56 Å². The quantitative estimate of drug-likeness (QED) is 0.765. The molecule has 0 radical (unpaired) electrons. The minimum Gasteiger partial charge on any atom is -0.495 e. The zero-order chi connectivity index (χ0) is 20.1. The Bertz CT molecular complexity index is 879. The Morgan fingerprint density at radius 1 is 1.18 bits per heavy atom. The van der Waals surface area contributed by atoms with Crippen molar-refractivity contribution in [3.05, 3.63) is 59.7 Å². The molecule has 1 heterocycles. The fraction of sp³-hybridized carbons (Fsp3) is 0.286. The van der Waals surface area contributed by atoms with Gasteiger partial charge < -0.3 is 20.1 Å². The molecule has 1 aliphatic heterocycles. The van der Waals surface area contributed by atoms with Crippen LogP contribution in [-0.4, -0.2) is 43.1 Å². The predicted molar refractivity (Wildman–Crippen MR) is 104 cm³/mol. The normalized spacial score (nSPS) is 16.1. The molecule has 7 heteroatoms. The van der Waals surface area contributed by atoms with Crippen molar-refractivity contribution in [3.8, 4) is 5.75 Å². The Balaban J connectivity index is 1.54. The minimum absolute atomic E-state index is 0.103. The van der Waals surface area contributed by atoms with Crippen LogP contribution in [0.1, 0.15) is 22.3 Å². The van der Waals surface area contributed by atoms with Gasteiger partial charge in [-0.1, -0.05) is 24.3 Å². The van der Waals surface area contributed by atoms with E-state index in [-0.39, 0.29) is 23.8 Å². The SMILES string of the molecule is COc1ccccc1N1CC(C(=O)NCCc2ccc(C(=O)O)cc2)CC1=O. The first kappa shape index (κ1) is 19.4. The van der Waals surface area contributed by atoms with E-state index < -0.39 is 11.9 Å². The van der Waals surface area contributed by atoms with E-state index >= 15 is 0 Å². The topological polar surface area (TPSA) is 95.9 Å².